The number of rotatable bonds is 12. The summed E-state index contributed by atoms with van der Waals surface area (Å²) in [6, 6.07) is 147. The molecule has 2 aromatic heterocycles. The molecule has 17 aromatic carbocycles. The Kier molecular flexibility index (Phi) is 15.9. The topological polar surface area (TPSA) is 16.3 Å². The van der Waals surface area contributed by atoms with Gasteiger partial charge in [0, 0.05) is 77.6 Å². The third kappa shape index (κ3) is 11.1. The number of anilines is 6. The molecule has 0 spiro atoms. The number of aromatic nitrogens is 2. The first kappa shape index (κ1) is 65.7. The SMILES string of the molecule is CC1(C)c2ccccc2-c2ccc(N(c3ccc(-c4ccccc4)cc3)c3cccc(-c4ccc5c6ccccc6n(-c6ccc(-c7ccccc7)cc6)c5c4)c3)cc21.CC1(C)c2ccccc2-c2ccc(N(c3cccc(-c4ccc5c6ccccc6n(-c6ccccc6)c5c4)c3)c3cccc4ccccc34)cc21. The molecule has 2 aliphatic rings. The van der Waals surface area contributed by atoms with Gasteiger partial charge in [-0.15, -0.1) is 0 Å². The van der Waals surface area contributed by atoms with Crippen molar-refractivity contribution in [1.29, 1.82) is 0 Å². The van der Waals surface area contributed by atoms with Crippen molar-refractivity contribution in [2.24, 2.45) is 0 Å². The Morgan fingerprint density at radius 1 is 0.200 bits per heavy atom. The number of para-hydroxylation sites is 3. The average Bonchev–Trinajstić information content (AvgIpc) is 1.57. The second-order valence-corrected chi connectivity index (χ2v) is 30.4. The Labute approximate surface area is 642 Å². The molecule has 0 unspecified atom stereocenters. The molecule has 0 saturated heterocycles. The van der Waals surface area contributed by atoms with Crippen LogP contribution in [0.15, 0.2) is 400 Å². The summed E-state index contributed by atoms with van der Waals surface area (Å²) in [6.45, 7) is 9.42. The van der Waals surface area contributed by atoms with Gasteiger partial charge in [0.1, 0.15) is 0 Å². The summed E-state index contributed by atoms with van der Waals surface area (Å²) < 4.78 is 4.81. The highest BCUT2D eigenvalue weighted by molar-refractivity contribution is 6.12. The van der Waals surface area contributed by atoms with Crippen LogP contribution in [0, 0.1) is 0 Å². The van der Waals surface area contributed by atoms with Crippen LogP contribution in [0.1, 0.15) is 49.9 Å². The predicted octanol–water partition coefficient (Wildman–Crippen LogP) is 28.9. The van der Waals surface area contributed by atoms with Gasteiger partial charge < -0.3 is 18.9 Å². The molecule has 0 bridgehead atoms. The lowest BCUT2D eigenvalue weighted by atomic mass is 9.82. The fourth-order valence-corrected chi connectivity index (χ4v) is 17.9. The molecule has 19 aromatic rings. The van der Waals surface area contributed by atoms with Crippen molar-refractivity contribution in [3.63, 3.8) is 0 Å². The number of hydrogen-bond donors (Lipinski definition) is 0. The van der Waals surface area contributed by atoms with E-state index in [2.05, 4.69) is 447 Å². The standard InChI is InChI=1S/C57H42N2.C49H36N2/c1-57(2)53-22-11-9-20-49(53)50-35-33-48(38-54(50)57)58(45-29-24-41(25-30-45)39-14-5-3-6-15-39)47-19-13-18-43(36-47)44-28-34-52-51-21-10-12-23-55(51)59(56(52)37-44)46-31-26-42(27-32-46)40-16-7-4-8-17-40;1-49(2)44-23-10-8-21-40(44)41-29-27-38(32-45(41)49)50(46-25-13-15-33-14-6-7-20-39(33)46)37-19-12-16-34(30-37)35-26-28-43-42-22-9-11-24-47(42)51(48(43)31-35)36-17-4-3-5-18-36/h3-38H,1-2H3;3-32H,1-2H3. The van der Waals surface area contributed by atoms with Crippen LogP contribution in [0.5, 0.6) is 0 Å². The fraction of sp³-hybridized carbons (Fsp3) is 0.0566. The number of benzene rings is 17. The lowest BCUT2D eigenvalue weighted by molar-refractivity contribution is 0.660. The molecule has 4 heteroatoms. The quantitative estimate of drug-likeness (QED) is 0.121. The van der Waals surface area contributed by atoms with Crippen LogP contribution in [-0.4, -0.2) is 9.13 Å². The maximum atomic E-state index is 2.45. The molecular formula is C106H78N4. The molecule has 0 saturated carbocycles. The van der Waals surface area contributed by atoms with Gasteiger partial charge in [-0.25, -0.2) is 0 Å². The molecule has 0 amide bonds. The van der Waals surface area contributed by atoms with E-state index in [1.54, 1.807) is 0 Å². The molecule has 2 aliphatic carbocycles. The second kappa shape index (κ2) is 26.6. The summed E-state index contributed by atoms with van der Waals surface area (Å²) in [5, 5.41) is 7.47. The largest absolute Gasteiger partial charge is 0.310 e. The van der Waals surface area contributed by atoms with E-state index in [0.717, 1.165) is 39.8 Å². The van der Waals surface area contributed by atoms with E-state index in [1.807, 2.05) is 0 Å². The van der Waals surface area contributed by atoms with E-state index in [0.29, 0.717) is 0 Å². The third-order valence-corrected chi connectivity index (χ3v) is 23.4. The van der Waals surface area contributed by atoms with E-state index < -0.39 is 0 Å². The van der Waals surface area contributed by atoms with Crippen molar-refractivity contribution in [2.75, 3.05) is 9.80 Å². The van der Waals surface area contributed by atoms with Crippen molar-refractivity contribution < 1.29 is 0 Å². The van der Waals surface area contributed by atoms with Gasteiger partial charge in [-0.3, -0.25) is 0 Å². The number of nitrogens with zero attached hydrogens (tertiary/aromatic N) is 4. The Hall–Kier alpha value is -13.8. The van der Waals surface area contributed by atoms with Gasteiger partial charge in [-0.05, 0) is 210 Å². The summed E-state index contributed by atoms with van der Waals surface area (Å²) in [5.74, 6) is 0. The van der Waals surface area contributed by atoms with Crippen LogP contribution < -0.4 is 9.80 Å². The normalized spacial score (nSPS) is 12.9. The zero-order valence-electron chi connectivity index (χ0n) is 61.9. The minimum Gasteiger partial charge on any atom is -0.310 e. The predicted molar refractivity (Wildman–Crippen MR) is 465 cm³/mol. The number of fused-ring (bicyclic) bond motifs is 13. The summed E-state index contributed by atoms with van der Waals surface area (Å²) in [4.78, 5) is 4.87. The number of hydrogen-bond acceptors (Lipinski definition) is 2. The van der Waals surface area contributed by atoms with Crippen LogP contribution in [0.3, 0.4) is 0 Å². The van der Waals surface area contributed by atoms with Crippen molar-refractivity contribution in [3.05, 3.63) is 423 Å². The smallest absolute Gasteiger partial charge is 0.0547 e. The first-order valence-corrected chi connectivity index (χ1v) is 38.3. The third-order valence-electron chi connectivity index (χ3n) is 23.4. The molecular weight excluding hydrogens is 1330 g/mol. The van der Waals surface area contributed by atoms with Crippen molar-refractivity contribution in [2.45, 2.75) is 38.5 Å². The van der Waals surface area contributed by atoms with E-state index in [-0.39, 0.29) is 10.8 Å². The van der Waals surface area contributed by atoms with Crippen LogP contribution in [0.4, 0.5) is 34.1 Å². The van der Waals surface area contributed by atoms with E-state index in [4.69, 9.17) is 0 Å². The van der Waals surface area contributed by atoms with Crippen LogP contribution in [0.2, 0.25) is 0 Å². The van der Waals surface area contributed by atoms with Crippen LogP contribution in [-0.2, 0) is 10.8 Å². The van der Waals surface area contributed by atoms with Gasteiger partial charge >= 0.3 is 0 Å². The van der Waals surface area contributed by atoms with E-state index >= 15 is 0 Å². The molecule has 0 radical (unpaired) electrons. The van der Waals surface area contributed by atoms with Gasteiger partial charge in [0.15, 0.2) is 0 Å². The highest BCUT2D eigenvalue weighted by Crippen LogP contribution is 2.54. The molecule has 21 rings (SSSR count). The Morgan fingerprint density at radius 2 is 0.545 bits per heavy atom. The highest BCUT2D eigenvalue weighted by Gasteiger charge is 2.38. The lowest BCUT2D eigenvalue weighted by Gasteiger charge is -2.29. The monoisotopic (exact) mass is 1410 g/mol. The summed E-state index contributed by atoms with van der Waals surface area (Å²) >= 11 is 0. The van der Waals surface area contributed by atoms with Gasteiger partial charge in [0.25, 0.3) is 0 Å². The first-order chi connectivity index (χ1) is 54.1. The van der Waals surface area contributed by atoms with Crippen molar-refractivity contribution in [3.8, 4) is 78.1 Å². The molecule has 4 nitrogen and oxygen atoms in total. The van der Waals surface area contributed by atoms with E-state index in [9.17, 15) is 0 Å². The minimum atomic E-state index is -0.109. The fourth-order valence-electron chi connectivity index (χ4n) is 17.9. The zero-order valence-corrected chi connectivity index (χ0v) is 61.9. The molecule has 0 aliphatic heterocycles. The highest BCUT2D eigenvalue weighted by atomic mass is 15.1. The molecule has 0 atom stereocenters. The van der Waals surface area contributed by atoms with Crippen LogP contribution >= 0.6 is 0 Å². The minimum absolute atomic E-state index is 0.0964. The van der Waals surface area contributed by atoms with Gasteiger partial charge in [0.2, 0.25) is 0 Å². The average molecular weight is 1410 g/mol. The van der Waals surface area contributed by atoms with E-state index in [1.165, 1.54) is 149 Å². The maximum Gasteiger partial charge on any atom is 0.0547 e. The van der Waals surface area contributed by atoms with Gasteiger partial charge in [-0.1, -0.05) is 313 Å². The van der Waals surface area contributed by atoms with Gasteiger partial charge in [-0.2, -0.15) is 0 Å². The lowest BCUT2D eigenvalue weighted by Crippen LogP contribution is -2.16. The van der Waals surface area contributed by atoms with Crippen molar-refractivity contribution in [1.82, 2.24) is 9.13 Å². The maximum absolute atomic E-state index is 2.45. The molecule has 0 N–H and O–H groups in total. The Bertz CT molecular complexity index is 6750. The molecule has 2 heterocycles. The van der Waals surface area contributed by atoms with Gasteiger partial charge in [0.05, 0.1) is 27.8 Å². The molecule has 0 fully saturated rings. The Morgan fingerprint density at radius 3 is 1.08 bits per heavy atom. The van der Waals surface area contributed by atoms with Crippen molar-refractivity contribution >= 4 is 88.5 Å². The van der Waals surface area contributed by atoms with Crippen LogP contribution in [0.25, 0.3) is 133 Å². The zero-order chi connectivity index (χ0) is 73.6. The summed E-state index contributed by atoms with van der Waals surface area (Å²) in [5.41, 5.74) is 34.1. The summed E-state index contributed by atoms with van der Waals surface area (Å²) in [7, 11) is 0. The second-order valence-electron chi connectivity index (χ2n) is 30.4. The molecule has 110 heavy (non-hydrogen) atoms. The summed E-state index contributed by atoms with van der Waals surface area (Å²) in [6.07, 6.45) is 0. The first-order valence-electron chi connectivity index (χ1n) is 38.3. The molecule has 522 valence electrons. The Balaban J connectivity index is 0.000000146.